The first-order valence-corrected chi connectivity index (χ1v) is 29.2. The van der Waals surface area contributed by atoms with Crippen LogP contribution < -0.4 is 47.9 Å². The second-order valence-corrected chi connectivity index (χ2v) is 22.6. The molecular weight excluding hydrogens is 1190 g/mol. The number of alkyl halides is 9. The van der Waals surface area contributed by atoms with Crippen LogP contribution in [0.1, 0.15) is 137 Å². The normalized spacial score (nSPS) is 18.9. The van der Waals surface area contributed by atoms with Crippen molar-refractivity contribution in [3.8, 4) is 0 Å². The van der Waals surface area contributed by atoms with Crippen LogP contribution in [-0.2, 0) is 18.5 Å². The number of piperazine rings is 3. The summed E-state index contributed by atoms with van der Waals surface area (Å²) in [5, 5.41) is 10.3. The number of nitrogens with zero attached hydrogens (tertiary/aromatic N) is 9. The molecule has 0 saturated carbocycles. The molecule has 18 nitrogen and oxygen atoms in total. The number of nitrogens with two attached hydrogens (primary N) is 3. The van der Waals surface area contributed by atoms with Crippen molar-refractivity contribution in [1.82, 2.24) is 45.9 Å². The van der Waals surface area contributed by atoms with Gasteiger partial charge < -0.3 is 47.9 Å². The van der Waals surface area contributed by atoms with E-state index in [-0.39, 0.29) is 71.5 Å². The first kappa shape index (κ1) is 67.1. The van der Waals surface area contributed by atoms with E-state index in [4.69, 9.17) is 17.2 Å². The van der Waals surface area contributed by atoms with Crippen molar-refractivity contribution in [3.05, 3.63) is 178 Å². The predicted molar refractivity (Wildman–Crippen MR) is 335 cm³/mol. The number of ketones is 3. The molecule has 0 radical (unpaired) electrons. The van der Waals surface area contributed by atoms with Crippen molar-refractivity contribution in [2.45, 2.75) is 103 Å². The molecule has 9 N–H and O–H groups in total. The third-order valence-electron chi connectivity index (χ3n) is 15.2. The maximum absolute atomic E-state index is 13.8. The van der Waals surface area contributed by atoms with Crippen molar-refractivity contribution >= 4 is 52.3 Å². The number of benzene rings is 1. The molecule has 488 valence electrons. The van der Waals surface area contributed by atoms with Crippen molar-refractivity contribution in [2.75, 3.05) is 77.7 Å². The molecule has 0 amide bonds. The second-order valence-electron chi connectivity index (χ2n) is 22.6. The minimum Gasteiger partial charge on any atom is -0.383 e. The van der Waals surface area contributed by atoms with Crippen LogP contribution in [0.2, 0.25) is 0 Å². The van der Waals surface area contributed by atoms with Crippen LogP contribution in [0.15, 0.2) is 122 Å². The fourth-order valence-corrected chi connectivity index (χ4v) is 11.1. The Labute approximate surface area is 521 Å². The van der Waals surface area contributed by atoms with Gasteiger partial charge in [0, 0.05) is 95.7 Å². The Morgan fingerprint density at radius 3 is 1.42 bits per heavy atom. The Balaban J connectivity index is 0.000000365. The maximum Gasteiger partial charge on any atom is 0.418 e. The highest BCUT2D eigenvalue weighted by atomic mass is 19.4. The third kappa shape index (κ3) is 16.5. The van der Waals surface area contributed by atoms with E-state index in [9.17, 15) is 53.9 Å². The molecule has 3 fully saturated rings. The number of hydrogen-bond acceptors (Lipinski definition) is 18. The Kier molecular flexibility index (Phi) is 21.5. The largest absolute Gasteiger partial charge is 0.418 e. The lowest BCUT2D eigenvalue weighted by Gasteiger charge is -2.40. The highest BCUT2D eigenvalue weighted by molar-refractivity contribution is 6.13. The number of nitrogens with one attached hydrogen (secondary N) is 3. The summed E-state index contributed by atoms with van der Waals surface area (Å²) in [6, 6.07) is 25.5. The van der Waals surface area contributed by atoms with Crippen molar-refractivity contribution in [3.63, 3.8) is 0 Å². The molecule has 3 saturated heterocycles. The second kappa shape index (κ2) is 28.8. The first-order chi connectivity index (χ1) is 42.6. The zero-order chi connectivity index (χ0) is 65.2. The highest BCUT2D eigenvalue weighted by Crippen LogP contribution is 2.38. The maximum atomic E-state index is 13.8. The van der Waals surface area contributed by atoms with Gasteiger partial charge in [-0.1, -0.05) is 57.5 Å². The molecule has 9 heterocycles. The van der Waals surface area contributed by atoms with Gasteiger partial charge in [-0.05, 0) is 111 Å². The number of aromatic nitrogens is 6. The van der Waals surface area contributed by atoms with E-state index in [2.05, 4.69) is 66.6 Å². The van der Waals surface area contributed by atoms with Gasteiger partial charge in [-0.3, -0.25) is 14.4 Å². The standard InChI is InChI=1S/C25H26F3N5O.C21H26F3N5O.C17H18F3N5O.5H2/c1-2-7-17-14-33(15-20(31-17)16-8-4-3-5-9-16)21-12-11-19(25(26,27)28)22(32-21)23(34)18-10-6-13-30-24(18)29;1-12(2)9-14-11-29(10-13(3)27-14)17-7-6-16(21(22,23)24)18(28-17)19(30)15-5-4-8-26-20(15)25;1-10-9-22-7-8-25(10)13-5-4-12(17(18,19)20)14(24-13)15(26)11-3-2-6-23-16(11)21;;;;;/h3-6,8-13,17,20,31H,2,7,14-15H2,1H3,(H2,29,30);4-8,12-14,27H,9-11H2,1-3H3,(H2,25,26);2-6,10,22H,7-9H2,1H3,(H2,21,23);5*1H/t17-,20+;13-,14-;10-;;;;;/m001...../s1. The molecule has 3 aliphatic heterocycles. The molecule has 5 atom stereocenters. The zero-order valence-corrected chi connectivity index (χ0v) is 50.0. The lowest BCUT2D eigenvalue weighted by molar-refractivity contribution is -0.138. The number of carbonyl (C=O) groups excluding carboxylic acids is 3. The van der Waals surface area contributed by atoms with Gasteiger partial charge in [0.25, 0.3) is 0 Å². The SMILES string of the molecule is CC(C)C[C@H]1CN(c2ccc(C(F)(F)F)c(C(=O)c3cccnc3N)n2)C[C@H](C)N1.CCC[C@H]1CN(c2ccc(C(F)(F)F)c(C(=O)c3cccnc3N)n2)C[C@H](c2ccccc2)N1.C[C@@H]1CNCCN1c1ccc(C(F)(F)F)c(C(=O)c2cccnc2N)n1.[HH].[HH].[HH].[HH].[HH]. The van der Waals surface area contributed by atoms with E-state index in [1.165, 1.54) is 73.2 Å². The summed E-state index contributed by atoms with van der Waals surface area (Å²) in [7, 11) is 0. The molecular formula is C63H80F9N15O3. The number of anilines is 6. The summed E-state index contributed by atoms with van der Waals surface area (Å²) in [5.74, 6) is -1.62. The van der Waals surface area contributed by atoms with Crippen LogP contribution in [0.5, 0.6) is 0 Å². The Hall–Kier alpha value is -8.82. The van der Waals surface area contributed by atoms with Crippen molar-refractivity contribution < 1.29 is 61.0 Å². The topological polar surface area (TPSA) is 252 Å². The average molecular weight is 1270 g/mol. The van der Waals surface area contributed by atoms with Crippen LogP contribution in [0.4, 0.5) is 74.4 Å². The molecule has 3 aliphatic rings. The minimum absolute atomic E-state index is 0. The fourth-order valence-electron chi connectivity index (χ4n) is 11.1. The molecule has 7 aromatic rings. The van der Waals surface area contributed by atoms with E-state index in [0.717, 1.165) is 43.0 Å². The van der Waals surface area contributed by atoms with Gasteiger partial charge in [0.15, 0.2) is 0 Å². The van der Waals surface area contributed by atoms with Crippen molar-refractivity contribution in [1.29, 1.82) is 0 Å². The van der Waals surface area contributed by atoms with Gasteiger partial charge in [0.2, 0.25) is 17.3 Å². The Morgan fingerprint density at radius 2 is 1.00 bits per heavy atom. The van der Waals surface area contributed by atoms with E-state index < -0.39 is 69.7 Å². The summed E-state index contributed by atoms with van der Waals surface area (Å²) in [6.07, 6.45) is -7.27. The lowest BCUT2D eigenvalue weighted by Crippen LogP contribution is -2.56. The zero-order valence-electron chi connectivity index (χ0n) is 50.0. The summed E-state index contributed by atoms with van der Waals surface area (Å²) in [4.78, 5) is 68.4. The van der Waals surface area contributed by atoms with Gasteiger partial charge in [0.05, 0.1) is 39.4 Å². The summed E-state index contributed by atoms with van der Waals surface area (Å²) in [5.41, 5.74) is 12.7. The lowest BCUT2D eigenvalue weighted by atomic mass is 9.99. The quantitative estimate of drug-likeness (QED) is 0.0437. The molecule has 1 aromatic carbocycles. The number of nitrogen functional groups attached to an aromatic ring is 3. The van der Waals surface area contributed by atoms with Crippen molar-refractivity contribution in [2.24, 2.45) is 5.92 Å². The van der Waals surface area contributed by atoms with Crippen LogP contribution in [-0.4, -0.2) is 117 Å². The molecule has 27 heteroatoms. The smallest absolute Gasteiger partial charge is 0.383 e. The number of hydrogen-bond donors (Lipinski definition) is 6. The predicted octanol–water partition coefficient (Wildman–Crippen LogP) is 11.5. The van der Waals surface area contributed by atoms with Crippen LogP contribution in [0.3, 0.4) is 0 Å². The Morgan fingerprint density at radius 1 is 0.567 bits per heavy atom. The van der Waals surface area contributed by atoms with E-state index in [0.29, 0.717) is 69.2 Å². The van der Waals surface area contributed by atoms with Gasteiger partial charge in [-0.2, -0.15) is 39.5 Å². The molecule has 6 aromatic heterocycles. The van der Waals surface area contributed by atoms with E-state index >= 15 is 0 Å². The molecule has 0 aliphatic carbocycles. The summed E-state index contributed by atoms with van der Waals surface area (Å²) >= 11 is 0. The minimum atomic E-state index is -4.74. The molecule has 90 heavy (non-hydrogen) atoms. The molecule has 0 bridgehead atoms. The molecule has 0 spiro atoms. The van der Waals surface area contributed by atoms with Gasteiger partial charge in [0.1, 0.15) is 52.0 Å². The number of carbonyl (C=O) groups is 3. The van der Waals surface area contributed by atoms with Gasteiger partial charge in [-0.25, -0.2) is 29.9 Å². The molecule has 10 rings (SSSR count). The van der Waals surface area contributed by atoms with Gasteiger partial charge in [-0.15, -0.1) is 0 Å². The van der Waals surface area contributed by atoms with Gasteiger partial charge >= 0.3 is 18.5 Å². The average Bonchev–Trinajstić information content (AvgIpc) is 0.798. The third-order valence-corrected chi connectivity index (χ3v) is 15.2. The van der Waals surface area contributed by atoms with Crippen LogP contribution >= 0.6 is 0 Å². The van der Waals surface area contributed by atoms with E-state index in [1.54, 1.807) is 0 Å². The summed E-state index contributed by atoms with van der Waals surface area (Å²) < 4.78 is 122. The first-order valence-electron chi connectivity index (χ1n) is 29.2. The highest BCUT2D eigenvalue weighted by Gasteiger charge is 2.41. The number of rotatable bonds is 14. The van der Waals surface area contributed by atoms with Crippen LogP contribution in [0, 0.1) is 5.92 Å². The van der Waals surface area contributed by atoms with Crippen LogP contribution in [0.25, 0.3) is 0 Å². The Bertz CT molecular complexity index is 3660. The number of pyridine rings is 6. The summed E-state index contributed by atoms with van der Waals surface area (Å²) in [6.45, 7) is 14.5. The fraction of sp³-hybridized carbons (Fsp3) is 0.381. The van der Waals surface area contributed by atoms with E-state index in [1.807, 2.05) is 58.9 Å². The monoisotopic (exact) mass is 1270 g/mol. The molecule has 0 unspecified atom stereocenters. The number of halogens is 9.